The molecule has 0 unspecified atom stereocenters. The van der Waals surface area contributed by atoms with E-state index in [4.69, 9.17) is 25.8 Å². The molecule has 2 amide bonds. The molecule has 2 aromatic rings. The molecule has 27 heavy (non-hydrogen) atoms. The highest BCUT2D eigenvalue weighted by molar-refractivity contribution is 6.34. The van der Waals surface area contributed by atoms with E-state index in [9.17, 15) is 9.59 Å². The van der Waals surface area contributed by atoms with Gasteiger partial charge < -0.3 is 19.5 Å². The van der Waals surface area contributed by atoms with Gasteiger partial charge in [0.15, 0.2) is 11.5 Å². The quantitative estimate of drug-likeness (QED) is 0.811. The molecule has 0 fully saturated rings. The fourth-order valence-electron chi connectivity index (χ4n) is 2.50. The van der Waals surface area contributed by atoms with Crippen LogP contribution in [0.1, 0.15) is 23.7 Å². The van der Waals surface area contributed by atoms with Gasteiger partial charge in [0.25, 0.3) is 5.91 Å². The molecule has 1 aliphatic heterocycles. The number of benzene rings is 2. The standard InChI is InChI=1S/C19H19ClN2O5/c1-2-25-19(24)21-13-6-3-5-12(9-13)18(23)22-15-11-17-16(10-14(15)20)26-7-4-8-27-17/h3,5-6,9-11H,2,4,7-8H2,1H3,(H,21,24)(H,22,23). The van der Waals surface area contributed by atoms with Crippen molar-refractivity contribution in [2.75, 3.05) is 30.5 Å². The summed E-state index contributed by atoms with van der Waals surface area (Å²) in [5.41, 5.74) is 1.22. The Hall–Kier alpha value is -2.93. The maximum absolute atomic E-state index is 12.6. The fraction of sp³-hybridized carbons (Fsp3) is 0.263. The maximum Gasteiger partial charge on any atom is 0.411 e. The average Bonchev–Trinajstić information content (AvgIpc) is 2.87. The molecule has 0 radical (unpaired) electrons. The van der Waals surface area contributed by atoms with Crippen molar-refractivity contribution in [1.29, 1.82) is 0 Å². The molecular weight excluding hydrogens is 372 g/mol. The zero-order valence-corrected chi connectivity index (χ0v) is 15.5. The molecule has 0 aliphatic carbocycles. The number of hydrogen-bond donors (Lipinski definition) is 2. The molecule has 0 spiro atoms. The zero-order valence-electron chi connectivity index (χ0n) is 14.7. The van der Waals surface area contributed by atoms with Crippen molar-refractivity contribution >= 4 is 35.0 Å². The van der Waals surface area contributed by atoms with Gasteiger partial charge in [-0.25, -0.2) is 4.79 Å². The zero-order chi connectivity index (χ0) is 19.2. The van der Waals surface area contributed by atoms with Crippen molar-refractivity contribution in [1.82, 2.24) is 0 Å². The Bertz CT molecular complexity index is 856. The second-order valence-electron chi connectivity index (χ2n) is 5.71. The Morgan fingerprint density at radius 3 is 2.59 bits per heavy atom. The normalized spacial score (nSPS) is 12.7. The largest absolute Gasteiger partial charge is 0.490 e. The number of hydrogen-bond acceptors (Lipinski definition) is 5. The average molecular weight is 391 g/mol. The summed E-state index contributed by atoms with van der Waals surface area (Å²) in [6, 6.07) is 9.75. The van der Waals surface area contributed by atoms with Crippen LogP contribution in [-0.4, -0.2) is 31.8 Å². The monoisotopic (exact) mass is 390 g/mol. The molecule has 7 nitrogen and oxygen atoms in total. The van der Waals surface area contributed by atoms with Gasteiger partial charge in [0.1, 0.15) is 0 Å². The highest BCUT2D eigenvalue weighted by Gasteiger charge is 2.16. The lowest BCUT2D eigenvalue weighted by molar-refractivity contribution is 0.102. The Balaban J connectivity index is 1.75. The van der Waals surface area contributed by atoms with Gasteiger partial charge in [0.2, 0.25) is 0 Å². The molecule has 142 valence electrons. The lowest BCUT2D eigenvalue weighted by Gasteiger charge is -2.13. The Kier molecular flexibility index (Phi) is 6.03. The van der Waals surface area contributed by atoms with E-state index in [1.807, 2.05) is 0 Å². The topological polar surface area (TPSA) is 85.9 Å². The lowest BCUT2D eigenvalue weighted by Crippen LogP contribution is -2.15. The van der Waals surface area contributed by atoms with Gasteiger partial charge in [-0.1, -0.05) is 17.7 Å². The summed E-state index contributed by atoms with van der Waals surface area (Å²) in [5, 5.41) is 5.65. The van der Waals surface area contributed by atoms with E-state index < -0.39 is 6.09 Å². The van der Waals surface area contributed by atoms with Crippen molar-refractivity contribution in [2.45, 2.75) is 13.3 Å². The van der Waals surface area contributed by atoms with E-state index in [0.717, 1.165) is 6.42 Å². The van der Waals surface area contributed by atoms with E-state index in [2.05, 4.69) is 10.6 Å². The van der Waals surface area contributed by atoms with Crippen LogP contribution in [0.25, 0.3) is 0 Å². The van der Waals surface area contributed by atoms with Gasteiger partial charge in [-0.2, -0.15) is 0 Å². The van der Waals surface area contributed by atoms with E-state index in [1.165, 1.54) is 0 Å². The number of rotatable bonds is 4. The van der Waals surface area contributed by atoms with Crippen molar-refractivity contribution in [3.63, 3.8) is 0 Å². The third-order valence-corrected chi connectivity index (χ3v) is 4.04. The predicted molar refractivity (Wildman–Crippen MR) is 102 cm³/mol. The third-order valence-electron chi connectivity index (χ3n) is 3.73. The van der Waals surface area contributed by atoms with Crippen LogP contribution in [-0.2, 0) is 4.74 Å². The molecule has 0 saturated carbocycles. The minimum atomic E-state index is -0.582. The first-order valence-electron chi connectivity index (χ1n) is 8.51. The number of anilines is 2. The van der Waals surface area contributed by atoms with Crippen molar-refractivity contribution in [3.8, 4) is 11.5 Å². The van der Waals surface area contributed by atoms with Crippen LogP contribution in [0.3, 0.4) is 0 Å². The van der Waals surface area contributed by atoms with Gasteiger partial charge in [-0.15, -0.1) is 0 Å². The Labute approximate surface area is 161 Å². The fourth-order valence-corrected chi connectivity index (χ4v) is 2.70. The second-order valence-corrected chi connectivity index (χ2v) is 6.12. The third kappa shape index (κ3) is 4.83. The first kappa shape index (κ1) is 18.8. The van der Waals surface area contributed by atoms with Crippen molar-refractivity contribution in [2.24, 2.45) is 0 Å². The van der Waals surface area contributed by atoms with E-state index >= 15 is 0 Å². The summed E-state index contributed by atoms with van der Waals surface area (Å²) in [6.45, 7) is 3.05. The highest BCUT2D eigenvalue weighted by Crippen LogP contribution is 2.37. The van der Waals surface area contributed by atoms with Crippen LogP contribution in [0.5, 0.6) is 11.5 Å². The molecule has 0 saturated heterocycles. The van der Waals surface area contributed by atoms with Gasteiger partial charge in [-0.05, 0) is 25.1 Å². The molecule has 0 aromatic heterocycles. The molecule has 3 rings (SSSR count). The Morgan fingerprint density at radius 1 is 1.11 bits per heavy atom. The van der Waals surface area contributed by atoms with Crippen LogP contribution in [0.15, 0.2) is 36.4 Å². The molecule has 2 N–H and O–H groups in total. The van der Waals surface area contributed by atoms with Crippen molar-refractivity contribution < 1.29 is 23.8 Å². The maximum atomic E-state index is 12.6. The number of carbonyl (C=O) groups is 2. The van der Waals surface area contributed by atoms with Crippen LogP contribution in [0.4, 0.5) is 16.2 Å². The molecule has 1 aliphatic rings. The van der Waals surface area contributed by atoms with Gasteiger partial charge in [0.05, 0.1) is 30.5 Å². The molecule has 2 aromatic carbocycles. The minimum Gasteiger partial charge on any atom is -0.490 e. The van der Waals surface area contributed by atoms with E-state index in [-0.39, 0.29) is 12.5 Å². The van der Waals surface area contributed by atoms with E-state index in [1.54, 1.807) is 43.3 Å². The minimum absolute atomic E-state index is 0.259. The number of amides is 2. The number of halogens is 1. The first-order chi connectivity index (χ1) is 13.1. The summed E-state index contributed by atoms with van der Waals surface area (Å²) in [7, 11) is 0. The van der Waals surface area contributed by atoms with Crippen molar-refractivity contribution in [3.05, 3.63) is 47.0 Å². The first-order valence-corrected chi connectivity index (χ1v) is 8.89. The van der Waals surface area contributed by atoms with E-state index in [0.29, 0.717) is 46.7 Å². The summed E-state index contributed by atoms with van der Waals surface area (Å²) >= 11 is 6.26. The number of carbonyl (C=O) groups excluding carboxylic acids is 2. The number of fused-ring (bicyclic) bond motifs is 1. The molecule has 0 bridgehead atoms. The summed E-state index contributed by atoms with van der Waals surface area (Å²) in [4.78, 5) is 24.1. The van der Waals surface area contributed by atoms with Crippen LogP contribution in [0, 0.1) is 0 Å². The number of ether oxygens (including phenoxy) is 3. The molecule has 0 atom stereocenters. The summed E-state index contributed by atoms with van der Waals surface area (Å²) in [6.07, 6.45) is 0.190. The highest BCUT2D eigenvalue weighted by atomic mass is 35.5. The Morgan fingerprint density at radius 2 is 1.85 bits per heavy atom. The summed E-state index contributed by atoms with van der Waals surface area (Å²) in [5.74, 6) is 0.708. The van der Waals surface area contributed by atoms with Gasteiger partial charge in [0, 0.05) is 29.8 Å². The van der Waals surface area contributed by atoms with Gasteiger partial charge >= 0.3 is 6.09 Å². The molecule has 8 heteroatoms. The number of nitrogens with one attached hydrogen (secondary N) is 2. The second kappa shape index (κ2) is 8.64. The molecular formula is C19H19ClN2O5. The SMILES string of the molecule is CCOC(=O)Nc1cccc(C(=O)Nc2cc3c(cc2Cl)OCCCO3)c1. The predicted octanol–water partition coefficient (Wildman–Crippen LogP) is 4.32. The van der Waals surface area contributed by atoms with Crippen LogP contribution >= 0.6 is 11.6 Å². The molecule has 1 heterocycles. The summed E-state index contributed by atoms with van der Waals surface area (Å²) < 4.78 is 16.0. The van der Waals surface area contributed by atoms with Gasteiger partial charge in [-0.3, -0.25) is 10.1 Å². The smallest absolute Gasteiger partial charge is 0.411 e. The van der Waals surface area contributed by atoms with Crippen LogP contribution in [0.2, 0.25) is 5.02 Å². The van der Waals surface area contributed by atoms with Crippen LogP contribution < -0.4 is 20.1 Å². The lowest BCUT2D eigenvalue weighted by atomic mass is 10.1.